The van der Waals surface area contributed by atoms with E-state index in [1.165, 1.54) is 23.5 Å². The fraction of sp³-hybridized carbons (Fsp3) is 0.632. The number of likely N-dealkylation sites (tertiary alicyclic amines) is 1. The van der Waals surface area contributed by atoms with Crippen molar-refractivity contribution in [1.82, 2.24) is 4.90 Å². The Morgan fingerprint density at radius 1 is 1.16 bits per heavy atom. The first kappa shape index (κ1) is 17.6. The molecular formula is C19H26N2O2S2. The first-order valence-electron chi connectivity index (χ1n) is 9.20. The molecule has 4 rings (SSSR count). The lowest BCUT2D eigenvalue weighted by Gasteiger charge is -2.21. The van der Waals surface area contributed by atoms with E-state index in [-0.39, 0.29) is 18.6 Å². The number of nitrogens with two attached hydrogens (primary N) is 1. The average Bonchev–Trinajstić information content (AvgIpc) is 3.23. The highest BCUT2D eigenvalue weighted by Gasteiger charge is 2.42. The summed E-state index contributed by atoms with van der Waals surface area (Å²) >= 11 is 4.03. The molecule has 1 aromatic rings. The van der Waals surface area contributed by atoms with Crippen LogP contribution < -0.4 is 10.5 Å². The molecule has 3 unspecified atom stereocenters. The number of hydrogen-bond donors (Lipinski definition) is 1. The molecule has 2 saturated heterocycles. The van der Waals surface area contributed by atoms with Gasteiger partial charge in [0.2, 0.25) is 0 Å². The minimum absolute atomic E-state index is 0.0871. The van der Waals surface area contributed by atoms with Crippen molar-refractivity contribution in [2.45, 2.75) is 29.9 Å². The van der Waals surface area contributed by atoms with E-state index in [1.54, 1.807) is 0 Å². The summed E-state index contributed by atoms with van der Waals surface area (Å²) in [5.41, 5.74) is 7.49. The molecule has 1 aliphatic carbocycles. The SMILES string of the molecule is NC1CCC2CN(C(=O)COc3ccc(C4SCCCS4)cc3)CC12. The monoisotopic (exact) mass is 378 g/mol. The van der Waals surface area contributed by atoms with Crippen LogP contribution in [-0.4, -0.2) is 48.1 Å². The van der Waals surface area contributed by atoms with E-state index >= 15 is 0 Å². The van der Waals surface area contributed by atoms with Crippen molar-refractivity contribution in [3.05, 3.63) is 29.8 Å². The summed E-state index contributed by atoms with van der Waals surface area (Å²) in [4.78, 5) is 14.4. The van der Waals surface area contributed by atoms with Gasteiger partial charge in [-0.2, -0.15) is 0 Å². The van der Waals surface area contributed by atoms with Crippen LogP contribution in [0.2, 0.25) is 0 Å². The van der Waals surface area contributed by atoms with E-state index in [1.807, 2.05) is 40.6 Å². The summed E-state index contributed by atoms with van der Waals surface area (Å²) in [7, 11) is 0. The predicted molar refractivity (Wildman–Crippen MR) is 105 cm³/mol. The van der Waals surface area contributed by atoms with Crippen molar-refractivity contribution in [1.29, 1.82) is 0 Å². The van der Waals surface area contributed by atoms with Gasteiger partial charge in [-0.25, -0.2) is 0 Å². The molecule has 2 N–H and O–H groups in total. The molecule has 136 valence electrons. The van der Waals surface area contributed by atoms with Crippen LogP contribution in [0.4, 0.5) is 0 Å². The van der Waals surface area contributed by atoms with Crippen molar-refractivity contribution < 1.29 is 9.53 Å². The zero-order valence-corrected chi connectivity index (χ0v) is 16.1. The molecule has 1 amide bonds. The van der Waals surface area contributed by atoms with Gasteiger partial charge in [-0.05, 0) is 60.3 Å². The summed E-state index contributed by atoms with van der Waals surface area (Å²) in [6.07, 6.45) is 3.57. The zero-order valence-electron chi connectivity index (χ0n) is 14.4. The Balaban J connectivity index is 1.27. The maximum Gasteiger partial charge on any atom is 0.260 e. The number of benzene rings is 1. The first-order chi connectivity index (χ1) is 12.2. The number of fused-ring (bicyclic) bond motifs is 1. The van der Waals surface area contributed by atoms with Crippen LogP contribution in [-0.2, 0) is 4.79 Å². The summed E-state index contributed by atoms with van der Waals surface area (Å²) in [5, 5.41) is 0. The van der Waals surface area contributed by atoms with Gasteiger partial charge in [0.1, 0.15) is 5.75 Å². The van der Waals surface area contributed by atoms with Crippen LogP contribution in [0.1, 0.15) is 29.4 Å². The van der Waals surface area contributed by atoms with Gasteiger partial charge in [-0.15, -0.1) is 23.5 Å². The van der Waals surface area contributed by atoms with Gasteiger partial charge in [-0.1, -0.05) is 12.1 Å². The number of ether oxygens (including phenoxy) is 1. The Hall–Kier alpha value is -0.850. The fourth-order valence-electron chi connectivity index (χ4n) is 4.15. The van der Waals surface area contributed by atoms with E-state index in [9.17, 15) is 4.79 Å². The molecule has 4 nitrogen and oxygen atoms in total. The second kappa shape index (κ2) is 7.80. The van der Waals surface area contributed by atoms with Crippen molar-refractivity contribution in [2.24, 2.45) is 17.6 Å². The standard InChI is InChI=1S/C19H26N2O2S2/c20-17-7-4-14-10-21(11-16(14)17)18(22)12-23-15-5-2-13(3-6-15)19-24-8-1-9-25-19/h2-3,5-6,14,16-17,19H,1,4,7-12,20H2. The fourth-order valence-corrected chi connectivity index (χ4v) is 7.04. The summed E-state index contributed by atoms with van der Waals surface area (Å²) < 4.78 is 6.27. The van der Waals surface area contributed by atoms with Gasteiger partial charge in [0.05, 0.1) is 4.58 Å². The van der Waals surface area contributed by atoms with Gasteiger partial charge >= 0.3 is 0 Å². The number of thioether (sulfide) groups is 2. The normalized spacial score (nSPS) is 29.6. The lowest BCUT2D eigenvalue weighted by Crippen LogP contribution is -2.36. The van der Waals surface area contributed by atoms with Gasteiger partial charge in [-0.3, -0.25) is 4.79 Å². The van der Waals surface area contributed by atoms with Crippen molar-refractivity contribution in [2.75, 3.05) is 31.2 Å². The highest BCUT2D eigenvalue weighted by molar-refractivity contribution is 8.16. The van der Waals surface area contributed by atoms with Gasteiger partial charge in [0, 0.05) is 19.1 Å². The number of carbonyl (C=O) groups is 1. The number of carbonyl (C=O) groups excluding carboxylic acids is 1. The third-order valence-electron chi connectivity index (χ3n) is 5.61. The highest BCUT2D eigenvalue weighted by atomic mass is 32.2. The molecule has 0 radical (unpaired) electrons. The number of rotatable bonds is 4. The quantitative estimate of drug-likeness (QED) is 0.872. The smallest absolute Gasteiger partial charge is 0.260 e. The Morgan fingerprint density at radius 2 is 1.92 bits per heavy atom. The topological polar surface area (TPSA) is 55.6 Å². The Labute approximate surface area is 158 Å². The van der Waals surface area contributed by atoms with Crippen LogP contribution in [0.5, 0.6) is 5.75 Å². The van der Waals surface area contributed by atoms with Crippen molar-refractivity contribution in [3.63, 3.8) is 0 Å². The van der Waals surface area contributed by atoms with Crippen molar-refractivity contribution in [3.8, 4) is 5.75 Å². The molecular weight excluding hydrogens is 352 g/mol. The Kier molecular flexibility index (Phi) is 5.48. The summed E-state index contributed by atoms with van der Waals surface area (Å²) in [5.74, 6) is 4.44. The molecule has 6 heteroatoms. The van der Waals surface area contributed by atoms with Crippen molar-refractivity contribution >= 4 is 29.4 Å². The lowest BCUT2D eigenvalue weighted by atomic mass is 9.98. The van der Waals surface area contributed by atoms with Crippen LogP contribution in [0, 0.1) is 11.8 Å². The van der Waals surface area contributed by atoms with E-state index in [2.05, 4.69) is 12.1 Å². The molecule has 2 aliphatic heterocycles. The van der Waals surface area contributed by atoms with E-state index in [0.717, 1.165) is 31.7 Å². The minimum atomic E-state index is 0.0871. The molecule has 1 aromatic carbocycles. The molecule has 0 spiro atoms. The first-order valence-corrected chi connectivity index (χ1v) is 11.3. The molecule has 0 aromatic heterocycles. The van der Waals surface area contributed by atoms with E-state index < -0.39 is 0 Å². The van der Waals surface area contributed by atoms with Crippen LogP contribution >= 0.6 is 23.5 Å². The highest BCUT2D eigenvalue weighted by Crippen LogP contribution is 2.43. The van der Waals surface area contributed by atoms with Gasteiger partial charge < -0.3 is 15.4 Å². The molecule has 0 bridgehead atoms. The Morgan fingerprint density at radius 3 is 2.64 bits per heavy atom. The van der Waals surface area contributed by atoms with Gasteiger partial charge in [0.25, 0.3) is 5.91 Å². The molecule has 25 heavy (non-hydrogen) atoms. The molecule has 3 fully saturated rings. The summed E-state index contributed by atoms with van der Waals surface area (Å²) in [6, 6.07) is 8.52. The maximum atomic E-state index is 12.4. The summed E-state index contributed by atoms with van der Waals surface area (Å²) in [6.45, 7) is 1.79. The third-order valence-corrected chi connectivity index (χ3v) is 8.62. The molecule has 2 heterocycles. The number of amides is 1. The predicted octanol–water partition coefficient (Wildman–Crippen LogP) is 3.13. The average molecular weight is 379 g/mol. The number of hydrogen-bond acceptors (Lipinski definition) is 5. The van der Waals surface area contributed by atoms with Gasteiger partial charge in [0.15, 0.2) is 6.61 Å². The minimum Gasteiger partial charge on any atom is -0.484 e. The number of nitrogens with zero attached hydrogens (tertiary/aromatic N) is 1. The zero-order chi connectivity index (χ0) is 17.2. The van der Waals surface area contributed by atoms with E-state index in [0.29, 0.717) is 16.4 Å². The molecule has 3 atom stereocenters. The largest absolute Gasteiger partial charge is 0.484 e. The van der Waals surface area contributed by atoms with Crippen LogP contribution in [0.15, 0.2) is 24.3 Å². The molecule has 1 saturated carbocycles. The third kappa shape index (κ3) is 3.96. The second-order valence-corrected chi connectivity index (χ2v) is 9.97. The Bertz CT molecular complexity index is 604. The van der Waals surface area contributed by atoms with E-state index in [4.69, 9.17) is 10.5 Å². The maximum absolute atomic E-state index is 12.4. The second-order valence-electron chi connectivity index (χ2n) is 7.25. The molecule has 3 aliphatic rings. The lowest BCUT2D eigenvalue weighted by molar-refractivity contribution is -0.132. The van der Waals surface area contributed by atoms with Crippen LogP contribution in [0.3, 0.4) is 0 Å². The van der Waals surface area contributed by atoms with Crippen LogP contribution in [0.25, 0.3) is 0 Å².